The van der Waals surface area contributed by atoms with Crippen molar-refractivity contribution < 1.29 is 4.79 Å². The van der Waals surface area contributed by atoms with Crippen molar-refractivity contribution in [2.24, 2.45) is 0 Å². The van der Waals surface area contributed by atoms with E-state index in [9.17, 15) is 4.79 Å². The van der Waals surface area contributed by atoms with Crippen LogP contribution in [-0.4, -0.2) is 5.91 Å². The van der Waals surface area contributed by atoms with Gasteiger partial charge < -0.3 is 5.32 Å². The number of hydrogen-bond donors (Lipinski definition) is 2. The average molecular weight is 336 g/mol. The molecule has 4 heteroatoms. The van der Waals surface area contributed by atoms with E-state index >= 15 is 0 Å². The van der Waals surface area contributed by atoms with E-state index in [2.05, 4.69) is 33.9 Å². The molecule has 19 heavy (non-hydrogen) atoms. The Balaban J connectivity index is 2.34. The first-order chi connectivity index (χ1) is 8.99. The molecule has 2 aromatic rings. The highest BCUT2D eigenvalue weighted by Gasteiger charge is 2.12. The molecule has 2 aromatic carbocycles. The number of rotatable bonds is 2. The first kappa shape index (κ1) is 14.2. The topological polar surface area (TPSA) is 29.1 Å². The molecule has 0 spiro atoms. The number of thiol groups is 1. The lowest BCUT2D eigenvalue weighted by molar-refractivity contribution is 0.102. The monoisotopic (exact) mass is 335 g/mol. The predicted octanol–water partition coefficient (Wildman–Crippen LogP) is 4.61. The average Bonchev–Trinajstić information content (AvgIpc) is 2.37. The molecule has 0 unspecified atom stereocenters. The third-order valence-corrected chi connectivity index (χ3v) is 3.88. The lowest BCUT2D eigenvalue weighted by Crippen LogP contribution is -2.14. The highest BCUT2D eigenvalue weighted by molar-refractivity contribution is 9.10. The number of anilines is 1. The van der Waals surface area contributed by atoms with Gasteiger partial charge in [0.05, 0.1) is 5.56 Å². The van der Waals surface area contributed by atoms with Gasteiger partial charge >= 0.3 is 0 Å². The molecule has 0 atom stereocenters. The van der Waals surface area contributed by atoms with Gasteiger partial charge in [-0.05, 0) is 59.1 Å². The van der Waals surface area contributed by atoms with Crippen LogP contribution in [0.3, 0.4) is 0 Å². The van der Waals surface area contributed by atoms with E-state index in [-0.39, 0.29) is 5.91 Å². The van der Waals surface area contributed by atoms with Crippen molar-refractivity contribution in [2.75, 3.05) is 5.32 Å². The first-order valence-corrected chi connectivity index (χ1v) is 7.09. The number of halogens is 1. The minimum atomic E-state index is -0.139. The Kier molecular flexibility index (Phi) is 4.32. The molecule has 0 bridgehead atoms. The Morgan fingerprint density at radius 2 is 1.79 bits per heavy atom. The van der Waals surface area contributed by atoms with Crippen molar-refractivity contribution >= 4 is 40.2 Å². The Labute approximate surface area is 126 Å². The lowest BCUT2D eigenvalue weighted by Gasteiger charge is -2.12. The van der Waals surface area contributed by atoms with Gasteiger partial charge in [-0.1, -0.05) is 18.2 Å². The zero-order valence-corrected chi connectivity index (χ0v) is 13.2. The summed E-state index contributed by atoms with van der Waals surface area (Å²) < 4.78 is 0.758. The maximum absolute atomic E-state index is 12.3. The third-order valence-electron chi connectivity index (χ3n) is 2.91. The molecule has 0 aliphatic heterocycles. The summed E-state index contributed by atoms with van der Waals surface area (Å²) in [4.78, 5) is 13.1. The van der Waals surface area contributed by atoms with Crippen LogP contribution in [-0.2, 0) is 0 Å². The van der Waals surface area contributed by atoms with E-state index in [0.717, 1.165) is 26.2 Å². The summed E-state index contributed by atoms with van der Waals surface area (Å²) in [6, 6.07) is 11.3. The number of amides is 1. The Morgan fingerprint density at radius 3 is 2.42 bits per heavy atom. The van der Waals surface area contributed by atoms with Crippen molar-refractivity contribution in [3.05, 3.63) is 57.6 Å². The van der Waals surface area contributed by atoms with E-state index in [1.165, 1.54) is 0 Å². The summed E-state index contributed by atoms with van der Waals surface area (Å²) in [6.45, 7) is 3.96. The molecule has 0 fully saturated rings. The molecule has 0 saturated heterocycles. The molecule has 98 valence electrons. The van der Waals surface area contributed by atoms with Crippen LogP contribution < -0.4 is 5.32 Å². The summed E-state index contributed by atoms with van der Waals surface area (Å²) in [5.41, 5.74) is 3.54. The molecule has 1 N–H and O–H groups in total. The normalized spacial score (nSPS) is 10.3. The number of nitrogens with one attached hydrogen (secondary N) is 1. The maximum atomic E-state index is 12.3. The minimum Gasteiger partial charge on any atom is -0.321 e. The number of para-hydroxylation sites is 1. The van der Waals surface area contributed by atoms with Crippen molar-refractivity contribution in [1.82, 2.24) is 0 Å². The Bertz CT molecular complexity index is 620. The van der Waals surface area contributed by atoms with Gasteiger partial charge in [0.2, 0.25) is 0 Å². The summed E-state index contributed by atoms with van der Waals surface area (Å²) in [5.74, 6) is -0.139. The van der Waals surface area contributed by atoms with Gasteiger partial charge in [-0.25, -0.2) is 0 Å². The summed E-state index contributed by atoms with van der Waals surface area (Å²) in [7, 11) is 0. The number of hydrogen-bond acceptors (Lipinski definition) is 2. The van der Waals surface area contributed by atoms with Crippen LogP contribution in [0.2, 0.25) is 0 Å². The SMILES string of the molecule is Cc1cccc(C)c1NC(=O)c1cc(S)ccc1Br. The van der Waals surface area contributed by atoms with Crippen molar-refractivity contribution in [3.63, 3.8) is 0 Å². The zero-order valence-electron chi connectivity index (χ0n) is 10.7. The molecule has 0 heterocycles. The van der Waals surface area contributed by atoms with E-state index < -0.39 is 0 Å². The second-order valence-electron chi connectivity index (χ2n) is 4.39. The lowest BCUT2D eigenvalue weighted by atomic mass is 10.1. The molecule has 0 aromatic heterocycles. The van der Waals surface area contributed by atoms with Gasteiger partial charge in [0, 0.05) is 15.1 Å². The second kappa shape index (κ2) is 5.80. The molecule has 2 rings (SSSR count). The molecule has 0 aliphatic carbocycles. The van der Waals surface area contributed by atoms with Gasteiger partial charge in [0.1, 0.15) is 0 Å². The van der Waals surface area contributed by atoms with Crippen LogP contribution >= 0.6 is 28.6 Å². The van der Waals surface area contributed by atoms with Crippen molar-refractivity contribution in [2.45, 2.75) is 18.7 Å². The maximum Gasteiger partial charge on any atom is 0.256 e. The fourth-order valence-electron chi connectivity index (χ4n) is 1.88. The zero-order chi connectivity index (χ0) is 14.0. The smallest absolute Gasteiger partial charge is 0.256 e. The van der Waals surface area contributed by atoms with Crippen molar-refractivity contribution in [3.8, 4) is 0 Å². The van der Waals surface area contributed by atoms with Crippen LogP contribution in [0, 0.1) is 13.8 Å². The number of carbonyl (C=O) groups excluding carboxylic acids is 1. The molecular weight excluding hydrogens is 322 g/mol. The van der Waals surface area contributed by atoms with E-state index in [0.29, 0.717) is 5.56 Å². The minimum absolute atomic E-state index is 0.139. The predicted molar refractivity (Wildman–Crippen MR) is 85.3 cm³/mol. The Hall–Kier alpha value is -1.26. The van der Waals surface area contributed by atoms with Gasteiger partial charge in [-0.3, -0.25) is 4.79 Å². The molecular formula is C15H14BrNOS. The molecule has 0 aliphatic rings. The number of aryl methyl sites for hydroxylation is 2. The molecule has 0 radical (unpaired) electrons. The molecule has 2 nitrogen and oxygen atoms in total. The molecule has 1 amide bonds. The van der Waals surface area contributed by atoms with Crippen LogP contribution in [0.15, 0.2) is 45.8 Å². The van der Waals surface area contributed by atoms with Crippen molar-refractivity contribution in [1.29, 1.82) is 0 Å². The fourth-order valence-corrected chi connectivity index (χ4v) is 2.51. The van der Waals surface area contributed by atoms with E-state index in [4.69, 9.17) is 0 Å². The second-order valence-corrected chi connectivity index (χ2v) is 5.76. The van der Waals surface area contributed by atoms with Gasteiger partial charge in [-0.2, -0.15) is 0 Å². The van der Waals surface area contributed by atoms with Crippen LogP contribution in [0.4, 0.5) is 5.69 Å². The highest BCUT2D eigenvalue weighted by Crippen LogP contribution is 2.24. The van der Waals surface area contributed by atoms with Crippen LogP contribution in [0.1, 0.15) is 21.5 Å². The summed E-state index contributed by atoms with van der Waals surface area (Å²) in [5, 5.41) is 2.96. The summed E-state index contributed by atoms with van der Waals surface area (Å²) >= 11 is 7.65. The van der Waals surface area contributed by atoms with Gasteiger partial charge in [-0.15, -0.1) is 12.6 Å². The highest BCUT2D eigenvalue weighted by atomic mass is 79.9. The molecule has 0 saturated carbocycles. The summed E-state index contributed by atoms with van der Waals surface area (Å²) in [6.07, 6.45) is 0. The third kappa shape index (κ3) is 3.19. The van der Waals surface area contributed by atoms with Crippen LogP contribution in [0.25, 0.3) is 0 Å². The quantitative estimate of drug-likeness (QED) is 0.771. The fraction of sp³-hybridized carbons (Fsp3) is 0.133. The van der Waals surface area contributed by atoms with Gasteiger partial charge in [0.15, 0.2) is 0 Å². The largest absolute Gasteiger partial charge is 0.321 e. The first-order valence-electron chi connectivity index (χ1n) is 5.85. The number of benzene rings is 2. The standard InChI is InChI=1S/C15H14BrNOS/c1-9-4-3-5-10(2)14(9)17-15(18)12-8-11(19)6-7-13(12)16/h3-8,19H,1-2H3,(H,17,18). The van der Waals surface area contributed by atoms with E-state index in [1.54, 1.807) is 6.07 Å². The van der Waals surface area contributed by atoms with Gasteiger partial charge in [0.25, 0.3) is 5.91 Å². The van der Waals surface area contributed by atoms with E-state index in [1.807, 2.05) is 44.2 Å². The Morgan fingerprint density at radius 1 is 1.16 bits per heavy atom. The van der Waals surface area contributed by atoms with Crippen LogP contribution in [0.5, 0.6) is 0 Å². The number of carbonyl (C=O) groups is 1.